The molecule has 0 bridgehead atoms. The van der Waals surface area contributed by atoms with Gasteiger partial charge in [0, 0.05) is 24.3 Å². The summed E-state index contributed by atoms with van der Waals surface area (Å²) in [5.74, 6) is 0.645. The zero-order valence-electron chi connectivity index (χ0n) is 10.9. The van der Waals surface area contributed by atoms with Crippen LogP contribution in [0.4, 0.5) is 0 Å². The fourth-order valence-corrected chi connectivity index (χ4v) is 2.22. The van der Waals surface area contributed by atoms with Crippen LogP contribution in [0.3, 0.4) is 0 Å². The van der Waals surface area contributed by atoms with Gasteiger partial charge in [0.2, 0.25) is 0 Å². The molecule has 3 nitrogen and oxygen atoms in total. The summed E-state index contributed by atoms with van der Waals surface area (Å²) in [6, 6.07) is 10.5. The summed E-state index contributed by atoms with van der Waals surface area (Å²) in [5.41, 5.74) is 1.53. The lowest BCUT2D eigenvalue weighted by Gasteiger charge is -2.13. The highest BCUT2D eigenvalue weighted by Gasteiger charge is 2.12. The van der Waals surface area contributed by atoms with Gasteiger partial charge in [-0.05, 0) is 12.1 Å². The summed E-state index contributed by atoms with van der Waals surface area (Å²) in [6.07, 6.45) is 0. The number of phenolic OH excluding ortho intramolecular Hbond substituents is 1. The molecule has 0 radical (unpaired) electrons. The van der Waals surface area contributed by atoms with Crippen LogP contribution in [-0.2, 0) is 4.74 Å². The first-order valence-electron chi connectivity index (χ1n) is 6.02. The number of benzene rings is 2. The van der Waals surface area contributed by atoms with E-state index in [0.717, 1.165) is 5.56 Å². The van der Waals surface area contributed by atoms with E-state index in [1.54, 1.807) is 13.2 Å². The second kappa shape index (κ2) is 6.84. The minimum Gasteiger partial charge on any atom is -0.506 e. The average Bonchev–Trinajstić information content (AvgIpc) is 2.44. The monoisotopic (exact) mass is 312 g/mol. The van der Waals surface area contributed by atoms with Gasteiger partial charge in [-0.1, -0.05) is 41.4 Å². The van der Waals surface area contributed by atoms with Crippen molar-refractivity contribution < 1.29 is 14.6 Å². The Bertz CT molecular complexity index is 600. The molecule has 2 aromatic carbocycles. The van der Waals surface area contributed by atoms with Gasteiger partial charge in [-0.3, -0.25) is 0 Å². The lowest BCUT2D eigenvalue weighted by atomic mass is 10.0. The molecule has 20 heavy (non-hydrogen) atoms. The van der Waals surface area contributed by atoms with E-state index >= 15 is 0 Å². The molecule has 0 unspecified atom stereocenters. The minimum atomic E-state index is -0.0433. The fourth-order valence-electron chi connectivity index (χ4n) is 1.79. The number of ether oxygens (including phenoxy) is 2. The number of halogens is 2. The van der Waals surface area contributed by atoms with Crippen LogP contribution in [0.25, 0.3) is 11.1 Å². The Morgan fingerprint density at radius 3 is 2.50 bits per heavy atom. The van der Waals surface area contributed by atoms with Crippen molar-refractivity contribution in [2.24, 2.45) is 0 Å². The molecule has 0 saturated heterocycles. The highest BCUT2D eigenvalue weighted by molar-refractivity contribution is 6.36. The zero-order chi connectivity index (χ0) is 14.5. The smallest absolute Gasteiger partial charge is 0.135 e. The van der Waals surface area contributed by atoms with Gasteiger partial charge in [-0.25, -0.2) is 0 Å². The number of hydrogen-bond acceptors (Lipinski definition) is 3. The van der Waals surface area contributed by atoms with Gasteiger partial charge in [0.25, 0.3) is 0 Å². The molecule has 0 fully saturated rings. The predicted molar refractivity (Wildman–Crippen MR) is 80.9 cm³/mol. The zero-order valence-corrected chi connectivity index (χ0v) is 12.4. The van der Waals surface area contributed by atoms with Crippen LogP contribution in [-0.4, -0.2) is 25.4 Å². The lowest BCUT2D eigenvalue weighted by Crippen LogP contribution is -2.05. The highest BCUT2D eigenvalue weighted by Crippen LogP contribution is 2.39. The number of rotatable bonds is 5. The maximum atomic E-state index is 9.55. The number of para-hydroxylation sites is 1. The highest BCUT2D eigenvalue weighted by atomic mass is 35.5. The molecule has 0 aromatic heterocycles. The first-order valence-corrected chi connectivity index (χ1v) is 6.78. The SMILES string of the molecule is COCCOc1ccccc1-c1cc(Cl)c(O)cc1Cl. The molecular formula is C15H14Cl2O3. The van der Waals surface area contributed by atoms with E-state index in [1.165, 1.54) is 6.07 Å². The number of hydrogen-bond donors (Lipinski definition) is 1. The number of phenols is 1. The molecule has 0 aliphatic carbocycles. The van der Waals surface area contributed by atoms with E-state index < -0.39 is 0 Å². The third-order valence-corrected chi connectivity index (χ3v) is 3.37. The van der Waals surface area contributed by atoms with Crippen LogP contribution in [0.1, 0.15) is 0 Å². The molecule has 2 rings (SSSR count). The van der Waals surface area contributed by atoms with Crippen LogP contribution in [0.2, 0.25) is 10.0 Å². The van der Waals surface area contributed by atoms with Crippen molar-refractivity contribution in [2.75, 3.05) is 20.3 Å². The first-order chi connectivity index (χ1) is 9.63. The molecule has 0 heterocycles. The van der Waals surface area contributed by atoms with E-state index in [4.69, 9.17) is 32.7 Å². The normalized spacial score (nSPS) is 10.6. The molecule has 0 aliphatic rings. The van der Waals surface area contributed by atoms with Crippen molar-refractivity contribution in [1.82, 2.24) is 0 Å². The van der Waals surface area contributed by atoms with E-state index in [1.807, 2.05) is 24.3 Å². The summed E-state index contributed by atoms with van der Waals surface area (Å²) in [6.45, 7) is 0.940. The Hall–Kier alpha value is -1.42. The third kappa shape index (κ3) is 3.37. The van der Waals surface area contributed by atoms with Crippen molar-refractivity contribution >= 4 is 23.2 Å². The molecular weight excluding hydrogens is 299 g/mol. The lowest BCUT2D eigenvalue weighted by molar-refractivity contribution is 0.146. The van der Waals surface area contributed by atoms with Crippen LogP contribution >= 0.6 is 23.2 Å². The summed E-state index contributed by atoms with van der Waals surface area (Å²) in [7, 11) is 1.62. The molecule has 0 amide bonds. The Kier molecular flexibility index (Phi) is 5.12. The van der Waals surface area contributed by atoms with Gasteiger partial charge < -0.3 is 14.6 Å². The molecule has 0 spiro atoms. The fraction of sp³-hybridized carbons (Fsp3) is 0.200. The Labute approximate surface area is 127 Å². The van der Waals surface area contributed by atoms with Crippen LogP contribution in [0.5, 0.6) is 11.5 Å². The topological polar surface area (TPSA) is 38.7 Å². The number of aromatic hydroxyl groups is 1. The Morgan fingerprint density at radius 2 is 1.75 bits per heavy atom. The second-order valence-corrected chi connectivity index (χ2v) is 4.94. The molecule has 0 atom stereocenters. The standard InChI is InChI=1S/C15H14Cl2O3/c1-19-6-7-20-15-5-3-2-4-10(15)11-8-13(17)14(18)9-12(11)16/h2-5,8-9,18H,6-7H2,1H3. The van der Waals surface area contributed by atoms with Crippen molar-refractivity contribution in [3.8, 4) is 22.6 Å². The minimum absolute atomic E-state index is 0.0433. The summed E-state index contributed by atoms with van der Waals surface area (Å²) >= 11 is 12.1. The van der Waals surface area contributed by atoms with Gasteiger partial charge in [-0.2, -0.15) is 0 Å². The predicted octanol–water partition coefficient (Wildman–Crippen LogP) is 4.39. The Morgan fingerprint density at radius 1 is 1.00 bits per heavy atom. The van der Waals surface area contributed by atoms with Crippen LogP contribution < -0.4 is 4.74 Å². The van der Waals surface area contributed by atoms with Gasteiger partial charge in [-0.15, -0.1) is 0 Å². The van der Waals surface area contributed by atoms with E-state index in [-0.39, 0.29) is 10.8 Å². The van der Waals surface area contributed by atoms with Crippen LogP contribution in [0, 0.1) is 0 Å². The van der Waals surface area contributed by atoms with E-state index in [0.29, 0.717) is 29.5 Å². The summed E-state index contributed by atoms with van der Waals surface area (Å²) in [4.78, 5) is 0. The molecule has 106 valence electrons. The average molecular weight is 313 g/mol. The Balaban J connectivity index is 2.39. The molecule has 0 saturated carbocycles. The van der Waals surface area contributed by atoms with Crippen molar-refractivity contribution in [2.45, 2.75) is 0 Å². The van der Waals surface area contributed by atoms with Crippen LogP contribution in [0.15, 0.2) is 36.4 Å². The van der Waals surface area contributed by atoms with E-state index in [9.17, 15) is 5.11 Å². The maximum absolute atomic E-state index is 9.55. The molecule has 1 N–H and O–H groups in total. The van der Waals surface area contributed by atoms with Crippen molar-refractivity contribution in [3.63, 3.8) is 0 Å². The largest absolute Gasteiger partial charge is 0.506 e. The summed E-state index contributed by atoms with van der Waals surface area (Å²) in [5, 5.41) is 10.2. The van der Waals surface area contributed by atoms with Gasteiger partial charge >= 0.3 is 0 Å². The van der Waals surface area contributed by atoms with Gasteiger partial charge in [0.15, 0.2) is 0 Å². The van der Waals surface area contributed by atoms with E-state index in [2.05, 4.69) is 0 Å². The summed E-state index contributed by atoms with van der Waals surface area (Å²) < 4.78 is 10.6. The molecule has 0 aliphatic heterocycles. The number of methoxy groups -OCH3 is 1. The van der Waals surface area contributed by atoms with Crippen molar-refractivity contribution in [1.29, 1.82) is 0 Å². The van der Waals surface area contributed by atoms with Gasteiger partial charge in [0.05, 0.1) is 16.7 Å². The quantitative estimate of drug-likeness (QED) is 0.832. The third-order valence-electron chi connectivity index (χ3n) is 2.76. The maximum Gasteiger partial charge on any atom is 0.135 e. The molecule has 5 heteroatoms. The second-order valence-electron chi connectivity index (χ2n) is 4.12. The molecule has 2 aromatic rings. The first kappa shape index (κ1) is 15.0. The van der Waals surface area contributed by atoms with Crippen molar-refractivity contribution in [3.05, 3.63) is 46.4 Å². The van der Waals surface area contributed by atoms with Gasteiger partial charge in [0.1, 0.15) is 18.1 Å².